The van der Waals surface area contributed by atoms with Gasteiger partial charge in [0.1, 0.15) is 0 Å². The highest BCUT2D eigenvalue weighted by molar-refractivity contribution is 5.87. The largest absolute Gasteiger partial charge is 0.466 e. The minimum atomic E-state index is -0.324. The molecule has 0 saturated heterocycles. The first kappa shape index (κ1) is 18.5. The molecule has 1 atom stereocenters. The van der Waals surface area contributed by atoms with Gasteiger partial charge in [0, 0.05) is 29.2 Å². The highest BCUT2D eigenvalue weighted by Gasteiger charge is 2.19. The maximum Gasteiger partial charge on any atom is 0.330 e. The minimum Gasteiger partial charge on any atom is -0.466 e. The van der Waals surface area contributed by atoms with Crippen molar-refractivity contribution in [2.24, 2.45) is 0 Å². The van der Waals surface area contributed by atoms with Gasteiger partial charge >= 0.3 is 5.97 Å². The number of aryl methyl sites for hydroxylation is 1. The second-order valence-corrected chi connectivity index (χ2v) is 7.32. The number of para-hydroxylation sites is 1. The van der Waals surface area contributed by atoms with E-state index in [-0.39, 0.29) is 5.97 Å². The van der Waals surface area contributed by atoms with E-state index in [0.717, 1.165) is 31.4 Å². The fraction of sp³-hybridized carbons (Fsp3) is 0.292. The number of rotatable bonds is 6. The molecule has 2 N–H and O–H groups in total. The van der Waals surface area contributed by atoms with Crippen LogP contribution in [0.2, 0.25) is 0 Å². The Labute approximate surface area is 165 Å². The highest BCUT2D eigenvalue weighted by atomic mass is 16.5. The van der Waals surface area contributed by atoms with Crippen LogP contribution in [0, 0.1) is 0 Å². The molecule has 0 bridgehead atoms. The first-order valence-corrected chi connectivity index (χ1v) is 9.92. The molecule has 1 aromatic heterocycles. The lowest BCUT2D eigenvalue weighted by molar-refractivity contribution is -0.134. The number of nitrogens with one attached hydrogen (secondary N) is 2. The molecular formula is C24H26N2O2. The second-order valence-electron chi connectivity index (χ2n) is 7.32. The molecule has 4 nitrogen and oxygen atoms in total. The van der Waals surface area contributed by atoms with Gasteiger partial charge in [0.05, 0.1) is 7.11 Å². The van der Waals surface area contributed by atoms with Crippen LogP contribution in [0.4, 0.5) is 0 Å². The fourth-order valence-electron chi connectivity index (χ4n) is 4.10. The first-order chi connectivity index (χ1) is 13.7. The second kappa shape index (κ2) is 8.44. The third-order valence-electron chi connectivity index (χ3n) is 5.55. The van der Waals surface area contributed by atoms with Gasteiger partial charge in [-0.25, -0.2) is 4.79 Å². The summed E-state index contributed by atoms with van der Waals surface area (Å²) in [6, 6.07) is 15.3. The van der Waals surface area contributed by atoms with Crippen LogP contribution in [0.1, 0.15) is 41.1 Å². The third kappa shape index (κ3) is 4.02. The number of ether oxygens (including phenoxy) is 1. The monoisotopic (exact) mass is 374 g/mol. The van der Waals surface area contributed by atoms with Gasteiger partial charge in [0.15, 0.2) is 0 Å². The fourth-order valence-corrected chi connectivity index (χ4v) is 4.10. The molecule has 2 aromatic carbocycles. The van der Waals surface area contributed by atoms with Gasteiger partial charge in [-0.1, -0.05) is 36.4 Å². The lowest BCUT2D eigenvalue weighted by Crippen LogP contribution is -2.27. The van der Waals surface area contributed by atoms with Gasteiger partial charge in [0.2, 0.25) is 0 Å². The average Bonchev–Trinajstić information content (AvgIpc) is 3.15. The normalized spacial score (nSPS) is 16.4. The summed E-state index contributed by atoms with van der Waals surface area (Å²) in [6.45, 7) is 0.954. The first-order valence-electron chi connectivity index (χ1n) is 9.92. The predicted octanol–water partition coefficient (Wildman–Crippen LogP) is 4.56. The van der Waals surface area contributed by atoms with Crippen molar-refractivity contribution in [3.63, 3.8) is 0 Å². The number of carbonyl (C=O) groups is 1. The van der Waals surface area contributed by atoms with Crippen LogP contribution < -0.4 is 5.32 Å². The van der Waals surface area contributed by atoms with Crippen molar-refractivity contribution in [2.75, 3.05) is 13.7 Å². The Bertz CT molecular complexity index is 1000. The molecule has 1 unspecified atom stereocenters. The Kier molecular flexibility index (Phi) is 5.58. The van der Waals surface area contributed by atoms with Crippen LogP contribution in [-0.4, -0.2) is 24.6 Å². The van der Waals surface area contributed by atoms with Crippen molar-refractivity contribution in [1.82, 2.24) is 10.3 Å². The van der Waals surface area contributed by atoms with Crippen LogP contribution in [0.25, 0.3) is 17.0 Å². The van der Waals surface area contributed by atoms with Gasteiger partial charge in [-0.15, -0.1) is 0 Å². The van der Waals surface area contributed by atoms with Crippen LogP contribution in [0.5, 0.6) is 0 Å². The van der Waals surface area contributed by atoms with Crippen LogP contribution in [-0.2, 0) is 22.4 Å². The number of benzene rings is 2. The SMILES string of the molecule is COC(=O)C=Cc1ccc2c(c1)CCCC2NCCc1c[nH]c2ccccc12. The molecule has 0 spiro atoms. The quantitative estimate of drug-likeness (QED) is 0.491. The summed E-state index contributed by atoms with van der Waals surface area (Å²) in [7, 11) is 1.39. The zero-order chi connectivity index (χ0) is 19.3. The maximum absolute atomic E-state index is 11.3. The Morgan fingerprint density at radius 2 is 2.18 bits per heavy atom. The van der Waals surface area contributed by atoms with Crippen LogP contribution in [0.15, 0.2) is 54.7 Å². The smallest absolute Gasteiger partial charge is 0.330 e. The number of carbonyl (C=O) groups excluding carboxylic acids is 1. The molecule has 0 radical (unpaired) electrons. The topological polar surface area (TPSA) is 54.1 Å². The average molecular weight is 374 g/mol. The third-order valence-corrected chi connectivity index (χ3v) is 5.55. The molecule has 3 aromatic rings. The zero-order valence-corrected chi connectivity index (χ0v) is 16.2. The Balaban J connectivity index is 1.41. The number of esters is 1. The van der Waals surface area contributed by atoms with E-state index in [1.54, 1.807) is 0 Å². The van der Waals surface area contributed by atoms with E-state index in [1.165, 1.54) is 47.2 Å². The van der Waals surface area contributed by atoms with E-state index < -0.39 is 0 Å². The molecule has 4 heteroatoms. The molecule has 0 amide bonds. The number of hydrogen-bond acceptors (Lipinski definition) is 3. The van der Waals surface area contributed by atoms with Gasteiger partial charge in [-0.3, -0.25) is 0 Å². The van der Waals surface area contributed by atoms with Gasteiger partial charge in [0.25, 0.3) is 0 Å². The van der Waals surface area contributed by atoms with Gasteiger partial charge in [-0.05, 0) is 66.6 Å². The van der Waals surface area contributed by atoms with Crippen molar-refractivity contribution < 1.29 is 9.53 Å². The molecule has 1 aliphatic carbocycles. The summed E-state index contributed by atoms with van der Waals surface area (Å²) in [6.07, 6.45) is 9.87. The van der Waals surface area contributed by atoms with E-state index in [1.807, 2.05) is 6.08 Å². The Hall–Kier alpha value is -2.85. The van der Waals surface area contributed by atoms with Crippen molar-refractivity contribution in [3.8, 4) is 0 Å². The Morgan fingerprint density at radius 3 is 3.07 bits per heavy atom. The van der Waals surface area contributed by atoms with Crippen molar-refractivity contribution in [1.29, 1.82) is 0 Å². The van der Waals surface area contributed by atoms with Crippen molar-refractivity contribution >= 4 is 22.9 Å². The predicted molar refractivity (Wildman–Crippen MR) is 113 cm³/mol. The van der Waals surface area contributed by atoms with Crippen molar-refractivity contribution in [2.45, 2.75) is 31.7 Å². The van der Waals surface area contributed by atoms with E-state index in [0.29, 0.717) is 6.04 Å². The molecule has 1 aliphatic rings. The lowest BCUT2D eigenvalue weighted by atomic mass is 9.86. The molecule has 0 saturated carbocycles. The van der Waals surface area contributed by atoms with Gasteiger partial charge < -0.3 is 15.0 Å². The van der Waals surface area contributed by atoms with Crippen LogP contribution >= 0.6 is 0 Å². The van der Waals surface area contributed by atoms with E-state index in [2.05, 4.69) is 63.7 Å². The zero-order valence-electron chi connectivity index (χ0n) is 16.2. The summed E-state index contributed by atoms with van der Waals surface area (Å²) < 4.78 is 4.67. The summed E-state index contributed by atoms with van der Waals surface area (Å²) in [5.41, 5.74) is 6.38. The number of methoxy groups -OCH3 is 1. The summed E-state index contributed by atoms with van der Waals surface area (Å²) >= 11 is 0. The molecule has 0 fully saturated rings. The van der Waals surface area contributed by atoms with Crippen LogP contribution in [0.3, 0.4) is 0 Å². The Morgan fingerprint density at radius 1 is 1.29 bits per heavy atom. The van der Waals surface area contributed by atoms with E-state index >= 15 is 0 Å². The molecule has 144 valence electrons. The summed E-state index contributed by atoms with van der Waals surface area (Å²) in [5, 5.41) is 5.07. The molecule has 28 heavy (non-hydrogen) atoms. The summed E-state index contributed by atoms with van der Waals surface area (Å²) in [5.74, 6) is -0.324. The molecule has 1 heterocycles. The van der Waals surface area contributed by atoms with E-state index in [9.17, 15) is 4.79 Å². The number of H-pyrrole nitrogens is 1. The van der Waals surface area contributed by atoms with Crippen molar-refractivity contribution in [3.05, 3.63) is 77.0 Å². The molecular weight excluding hydrogens is 348 g/mol. The number of aromatic amines is 1. The maximum atomic E-state index is 11.3. The number of fused-ring (bicyclic) bond motifs is 2. The van der Waals surface area contributed by atoms with E-state index in [4.69, 9.17) is 0 Å². The number of aromatic nitrogens is 1. The minimum absolute atomic E-state index is 0.324. The lowest BCUT2D eigenvalue weighted by Gasteiger charge is -2.27. The summed E-state index contributed by atoms with van der Waals surface area (Å²) in [4.78, 5) is 14.7. The molecule has 4 rings (SSSR count). The highest BCUT2D eigenvalue weighted by Crippen LogP contribution is 2.31. The van der Waals surface area contributed by atoms with Gasteiger partial charge in [-0.2, -0.15) is 0 Å². The molecule has 0 aliphatic heterocycles. The number of hydrogen-bond donors (Lipinski definition) is 2. The standard InChI is InChI=1S/C24H26N2O2/c1-28-24(27)12-10-17-9-11-21-18(15-17)5-4-8-22(21)25-14-13-19-16-26-23-7-3-2-6-20(19)23/h2-3,6-7,9-12,15-16,22,25-26H,4-5,8,13-14H2,1H3.